The van der Waals surface area contributed by atoms with Crippen LogP contribution in [0, 0.1) is 18.3 Å². The van der Waals surface area contributed by atoms with Gasteiger partial charge in [0.2, 0.25) is 11.8 Å². The van der Waals surface area contributed by atoms with Gasteiger partial charge in [-0.05, 0) is 69.8 Å². The zero-order chi connectivity index (χ0) is 38.7. The Morgan fingerprint density at radius 3 is 2.20 bits per heavy atom. The fourth-order valence-corrected chi connectivity index (χ4v) is 4.39. The van der Waals surface area contributed by atoms with E-state index < -0.39 is 53.8 Å². The van der Waals surface area contributed by atoms with Gasteiger partial charge < -0.3 is 56.3 Å². The number of nitrogens with zero attached hydrogens (tertiary/aromatic N) is 2. The third-order valence-corrected chi connectivity index (χ3v) is 7.06. The summed E-state index contributed by atoms with van der Waals surface area (Å²) in [5, 5.41) is 13.5. The zero-order valence-electron chi connectivity index (χ0n) is 30.8. The van der Waals surface area contributed by atoms with Crippen molar-refractivity contribution in [2.45, 2.75) is 78.3 Å². The molecule has 1 aromatic rings. The van der Waals surface area contributed by atoms with Crippen molar-refractivity contribution in [3.05, 3.63) is 29.3 Å². The molecule has 7 N–H and O–H groups in total. The number of nitrogens with one attached hydrogen (secondary N) is 5. The zero-order valence-corrected chi connectivity index (χ0v) is 30.8. The summed E-state index contributed by atoms with van der Waals surface area (Å²) in [6.45, 7) is 9.30. The molecule has 0 spiro atoms. The van der Waals surface area contributed by atoms with Crippen molar-refractivity contribution >= 4 is 41.8 Å². The molecule has 2 atom stereocenters. The van der Waals surface area contributed by atoms with Crippen LogP contribution in [0.4, 0.5) is 24.9 Å². The number of nitrogens with two attached hydrogens (primary N) is 1. The van der Waals surface area contributed by atoms with Gasteiger partial charge in [-0.25, -0.2) is 19.2 Å². The highest BCUT2D eigenvalue weighted by atomic mass is 16.6. The van der Waals surface area contributed by atoms with E-state index in [1.807, 2.05) is 0 Å². The highest BCUT2D eigenvalue weighted by molar-refractivity contribution is 5.98. The van der Waals surface area contributed by atoms with Crippen LogP contribution in [-0.4, -0.2) is 111 Å². The number of terminal acetylenes is 1. The molecule has 1 unspecified atom stereocenters. The molecule has 0 aromatic heterocycles. The van der Waals surface area contributed by atoms with Crippen molar-refractivity contribution in [2.24, 2.45) is 11.7 Å². The highest BCUT2D eigenvalue weighted by Crippen LogP contribution is 2.20. The Kier molecular flexibility index (Phi) is 18.7. The number of carbonyl (C=O) groups excluding carboxylic acids is 6. The van der Waals surface area contributed by atoms with Gasteiger partial charge in [-0.1, -0.05) is 25.8 Å². The first-order valence-electron chi connectivity index (χ1n) is 16.5. The predicted molar refractivity (Wildman–Crippen MR) is 190 cm³/mol. The van der Waals surface area contributed by atoms with E-state index in [2.05, 4.69) is 32.5 Å². The van der Waals surface area contributed by atoms with Gasteiger partial charge in [0.15, 0.2) is 6.61 Å². The molecule has 17 heteroatoms. The van der Waals surface area contributed by atoms with Crippen LogP contribution in [0.1, 0.15) is 58.6 Å². The molecule has 0 aliphatic rings. The third kappa shape index (κ3) is 17.3. The van der Waals surface area contributed by atoms with Crippen LogP contribution in [0.25, 0.3) is 0 Å². The first-order chi connectivity index (χ1) is 23.9. The van der Waals surface area contributed by atoms with Crippen LogP contribution in [0.3, 0.4) is 0 Å². The van der Waals surface area contributed by atoms with Crippen molar-refractivity contribution in [2.75, 3.05) is 52.7 Å². The Balaban J connectivity index is 3.32. The van der Waals surface area contributed by atoms with Crippen molar-refractivity contribution in [1.82, 2.24) is 31.1 Å². The molecule has 51 heavy (non-hydrogen) atoms. The number of alkyl carbamates (subject to hydrolysis) is 1. The number of hydrogen-bond acceptors (Lipinski definition) is 10. The summed E-state index contributed by atoms with van der Waals surface area (Å²) in [6, 6.07) is 1.95. The standard InChI is InChI=1S/C34H54N8O9/c1-10-18-49-33(48)42(9)20-24-19-25(14-13-23(24)21-50-32(47)41(8)17-16-36-7)38-28(43)26(12-11-15-37-30(35)45)39-29(44)27(22(2)3)40-31(46)51-34(4,5)6/h1,13-14,19,22,26-27,36H,11-12,15-18,20-21H2,2-9H3,(H,38,43)(H,39,44)(H,40,46)(H3,35,37,45)/t26?,27-/m1/s1. The number of hydrogen-bond donors (Lipinski definition) is 6. The first kappa shape index (κ1) is 43.8. The van der Waals surface area contributed by atoms with E-state index in [1.165, 1.54) is 16.8 Å². The molecule has 0 saturated carbocycles. The molecule has 0 fully saturated rings. The minimum atomic E-state index is -1.10. The van der Waals surface area contributed by atoms with Crippen LogP contribution in [0.2, 0.25) is 0 Å². The number of primary amides is 1. The number of rotatable bonds is 18. The Hall–Kier alpha value is -5.24. The maximum atomic E-state index is 13.7. The molecule has 0 aliphatic carbocycles. The highest BCUT2D eigenvalue weighted by Gasteiger charge is 2.30. The molecule has 7 amide bonds. The van der Waals surface area contributed by atoms with Crippen LogP contribution in [0.5, 0.6) is 0 Å². The number of anilines is 1. The molecule has 1 rings (SSSR count). The smallest absolute Gasteiger partial charge is 0.410 e. The van der Waals surface area contributed by atoms with E-state index >= 15 is 0 Å². The molecule has 0 saturated heterocycles. The molecule has 0 radical (unpaired) electrons. The fourth-order valence-electron chi connectivity index (χ4n) is 4.39. The quantitative estimate of drug-likeness (QED) is 0.0737. The first-order valence-corrected chi connectivity index (χ1v) is 16.5. The minimum Gasteiger partial charge on any atom is -0.445 e. The van der Waals surface area contributed by atoms with Gasteiger partial charge in [0, 0.05) is 46.0 Å². The second-order valence-corrected chi connectivity index (χ2v) is 13.0. The number of urea groups is 1. The SMILES string of the molecule is C#CCOC(=O)N(C)Cc1cc(NC(=O)C(CCCNC(N)=O)NC(=O)[C@H](NC(=O)OC(C)(C)C)C(C)C)ccc1COC(=O)N(C)CCNC. The molecule has 1 aromatic carbocycles. The van der Waals surface area contributed by atoms with Crippen molar-refractivity contribution in [3.63, 3.8) is 0 Å². The molecule has 0 heterocycles. The van der Waals surface area contributed by atoms with Crippen LogP contribution >= 0.6 is 0 Å². The molecule has 0 aliphatic heterocycles. The van der Waals surface area contributed by atoms with Gasteiger partial charge in [-0.15, -0.1) is 6.42 Å². The summed E-state index contributed by atoms with van der Waals surface area (Å²) in [4.78, 5) is 78.4. The maximum absolute atomic E-state index is 13.7. The summed E-state index contributed by atoms with van der Waals surface area (Å²) in [6.07, 6.45) is 3.54. The van der Waals surface area contributed by atoms with E-state index in [4.69, 9.17) is 26.4 Å². The van der Waals surface area contributed by atoms with Gasteiger partial charge in [-0.2, -0.15) is 0 Å². The van der Waals surface area contributed by atoms with Crippen LogP contribution < -0.4 is 32.3 Å². The second kappa shape index (κ2) is 21.8. The summed E-state index contributed by atoms with van der Waals surface area (Å²) >= 11 is 0. The average Bonchev–Trinajstić information content (AvgIpc) is 3.04. The lowest BCUT2D eigenvalue weighted by Gasteiger charge is -2.27. The lowest BCUT2D eigenvalue weighted by atomic mass is 10.0. The lowest BCUT2D eigenvalue weighted by Crippen LogP contribution is -2.55. The van der Waals surface area contributed by atoms with Gasteiger partial charge in [0.1, 0.15) is 24.3 Å². The minimum absolute atomic E-state index is 0.000940. The average molecular weight is 719 g/mol. The van der Waals surface area contributed by atoms with Crippen molar-refractivity contribution in [1.29, 1.82) is 0 Å². The Labute approximate surface area is 300 Å². The van der Waals surface area contributed by atoms with E-state index in [0.29, 0.717) is 29.9 Å². The normalized spacial score (nSPS) is 12.0. The molecule has 0 bridgehead atoms. The molecular formula is C34H54N8O9. The number of ether oxygens (including phenoxy) is 3. The molecular weight excluding hydrogens is 664 g/mol. The number of likely N-dealkylation sites (N-methyl/N-ethyl adjacent to an activating group) is 2. The van der Waals surface area contributed by atoms with Gasteiger partial charge in [0.25, 0.3) is 0 Å². The number of benzene rings is 1. The third-order valence-electron chi connectivity index (χ3n) is 7.06. The summed E-state index contributed by atoms with van der Waals surface area (Å²) in [5.41, 5.74) is 5.75. The van der Waals surface area contributed by atoms with Crippen LogP contribution in [-0.2, 0) is 37.0 Å². The second-order valence-electron chi connectivity index (χ2n) is 13.0. The van der Waals surface area contributed by atoms with Gasteiger partial charge in [0.05, 0.1) is 0 Å². The Morgan fingerprint density at radius 2 is 1.61 bits per heavy atom. The van der Waals surface area contributed by atoms with E-state index in [1.54, 1.807) is 66.9 Å². The van der Waals surface area contributed by atoms with Gasteiger partial charge >= 0.3 is 24.3 Å². The van der Waals surface area contributed by atoms with E-state index in [9.17, 15) is 28.8 Å². The largest absolute Gasteiger partial charge is 0.445 e. The summed E-state index contributed by atoms with van der Waals surface area (Å²) in [5.74, 6) is 0.643. The summed E-state index contributed by atoms with van der Waals surface area (Å²) in [7, 11) is 4.86. The topological polar surface area (TPSA) is 223 Å². The van der Waals surface area contributed by atoms with E-state index in [0.717, 1.165) is 0 Å². The van der Waals surface area contributed by atoms with Crippen LogP contribution in [0.15, 0.2) is 18.2 Å². The number of carbonyl (C=O) groups is 6. The van der Waals surface area contributed by atoms with Crippen molar-refractivity contribution < 1.29 is 43.0 Å². The summed E-state index contributed by atoms with van der Waals surface area (Å²) < 4.78 is 15.8. The molecule has 284 valence electrons. The van der Waals surface area contributed by atoms with Crippen molar-refractivity contribution in [3.8, 4) is 12.3 Å². The Morgan fingerprint density at radius 1 is 0.941 bits per heavy atom. The predicted octanol–water partition coefficient (Wildman–Crippen LogP) is 2.10. The monoisotopic (exact) mass is 718 g/mol. The maximum Gasteiger partial charge on any atom is 0.410 e. The Bertz CT molecular complexity index is 1390. The lowest BCUT2D eigenvalue weighted by molar-refractivity contribution is -0.128. The number of amides is 7. The van der Waals surface area contributed by atoms with Gasteiger partial charge in [-0.3, -0.25) is 9.59 Å². The van der Waals surface area contributed by atoms with E-state index in [-0.39, 0.29) is 45.1 Å². The fraction of sp³-hybridized carbons (Fsp3) is 0.588. The molecule has 17 nitrogen and oxygen atoms in total.